The Morgan fingerprint density at radius 2 is 2.00 bits per heavy atom. The van der Waals surface area contributed by atoms with Gasteiger partial charge in [-0.15, -0.1) is 0 Å². The van der Waals surface area contributed by atoms with Crippen molar-refractivity contribution in [2.24, 2.45) is 0 Å². The van der Waals surface area contributed by atoms with Crippen LogP contribution in [0.4, 0.5) is 5.69 Å². The SMILES string of the molecule is CCc1cccc(C)c1NC(=O)CS(C)(=O)=O. The second-order valence-electron chi connectivity index (χ2n) is 4.08. The third kappa shape index (κ3) is 4.19. The second kappa shape index (κ2) is 5.31. The van der Waals surface area contributed by atoms with E-state index in [1.807, 2.05) is 32.0 Å². The summed E-state index contributed by atoms with van der Waals surface area (Å²) in [6, 6.07) is 5.72. The number of benzene rings is 1. The predicted molar refractivity (Wildman–Crippen MR) is 68.9 cm³/mol. The van der Waals surface area contributed by atoms with Crippen molar-refractivity contribution in [1.82, 2.24) is 0 Å². The van der Waals surface area contributed by atoms with Crippen LogP contribution in [0.3, 0.4) is 0 Å². The summed E-state index contributed by atoms with van der Waals surface area (Å²) in [5.74, 6) is -0.971. The van der Waals surface area contributed by atoms with Crippen LogP contribution >= 0.6 is 0 Å². The van der Waals surface area contributed by atoms with Crippen LogP contribution < -0.4 is 5.32 Å². The van der Waals surface area contributed by atoms with E-state index in [1.165, 1.54) is 0 Å². The smallest absolute Gasteiger partial charge is 0.239 e. The number of rotatable bonds is 4. The number of para-hydroxylation sites is 1. The molecule has 1 aromatic rings. The third-order valence-corrected chi connectivity index (χ3v) is 3.18. The molecule has 17 heavy (non-hydrogen) atoms. The lowest BCUT2D eigenvalue weighted by atomic mass is 10.1. The Bertz CT molecular complexity index is 521. The molecular formula is C12H17NO3S. The first-order valence-corrected chi connectivity index (χ1v) is 7.45. The van der Waals surface area contributed by atoms with E-state index in [2.05, 4.69) is 5.32 Å². The molecule has 0 spiro atoms. The maximum absolute atomic E-state index is 11.6. The molecule has 0 saturated heterocycles. The van der Waals surface area contributed by atoms with Crippen molar-refractivity contribution in [1.29, 1.82) is 0 Å². The summed E-state index contributed by atoms with van der Waals surface area (Å²) in [5.41, 5.74) is 2.67. The number of carbonyl (C=O) groups excluding carboxylic acids is 1. The van der Waals surface area contributed by atoms with Gasteiger partial charge >= 0.3 is 0 Å². The van der Waals surface area contributed by atoms with E-state index in [4.69, 9.17) is 0 Å². The van der Waals surface area contributed by atoms with Crippen LogP contribution in [-0.2, 0) is 21.1 Å². The summed E-state index contributed by atoms with van der Waals surface area (Å²) in [4.78, 5) is 11.6. The minimum atomic E-state index is -3.29. The Hall–Kier alpha value is -1.36. The molecule has 0 radical (unpaired) electrons. The van der Waals surface area contributed by atoms with Crippen LogP contribution in [0.2, 0.25) is 0 Å². The van der Waals surface area contributed by atoms with Gasteiger partial charge in [0.2, 0.25) is 5.91 Å². The van der Waals surface area contributed by atoms with Gasteiger partial charge in [-0.25, -0.2) is 8.42 Å². The average Bonchev–Trinajstić information content (AvgIpc) is 2.18. The fourth-order valence-electron chi connectivity index (χ4n) is 1.62. The fourth-order valence-corrected chi connectivity index (χ4v) is 2.16. The first kappa shape index (κ1) is 13.7. The summed E-state index contributed by atoms with van der Waals surface area (Å²) < 4.78 is 22.0. The van der Waals surface area contributed by atoms with Crippen LogP contribution in [0.15, 0.2) is 18.2 Å². The normalized spacial score (nSPS) is 11.2. The van der Waals surface area contributed by atoms with Crippen LogP contribution in [-0.4, -0.2) is 26.3 Å². The Morgan fingerprint density at radius 3 is 2.53 bits per heavy atom. The van der Waals surface area contributed by atoms with Crippen LogP contribution in [0.5, 0.6) is 0 Å². The van der Waals surface area contributed by atoms with Gasteiger partial charge in [0, 0.05) is 11.9 Å². The summed E-state index contributed by atoms with van der Waals surface area (Å²) >= 11 is 0. The van der Waals surface area contributed by atoms with Gasteiger partial charge in [-0.2, -0.15) is 0 Å². The lowest BCUT2D eigenvalue weighted by molar-refractivity contribution is -0.113. The fraction of sp³-hybridized carbons (Fsp3) is 0.417. The van der Waals surface area contributed by atoms with E-state index in [-0.39, 0.29) is 0 Å². The minimum Gasteiger partial charge on any atom is -0.325 e. The maximum Gasteiger partial charge on any atom is 0.239 e. The molecule has 0 atom stereocenters. The topological polar surface area (TPSA) is 63.2 Å². The van der Waals surface area contributed by atoms with Gasteiger partial charge in [0.15, 0.2) is 9.84 Å². The molecule has 1 N–H and O–H groups in total. The first-order valence-electron chi connectivity index (χ1n) is 5.39. The zero-order chi connectivity index (χ0) is 13.1. The molecule has 0 heterocycles. The Kier molecular flexibility index (Phi) is 4.28. The molecule has 1 amide bonds. The zero-order valence-corrected chi connectivity index (χ0v) is 11.1. The van der Waals surface area contributed by atoms with E-state index in [0.717, 1.165) is 29.5 Å². The molecule has 94 valence electrons. The van der Waals surface area contributed by atoms with Gasteiger partial charge in [0.25, 0.3) is 0 Å². The molecule has 0 unspecified atom stereocenters. The highest BCUT2D eigenvalue weighted by Gasteiger charge is 2.13. The second-order valence-corrected chi connectivity index (χ2v) is 6.22. The number of hydrogen-bond acceptors (Lipinski definition) is 3. The highest BCUT2D eigenvalue weighted by atomic mass is 32.2. The molecular weight excluding hydrogens is 238 g/mol. The molecule has 0 aromatic heterocycles. The quantitative estimate of drug-likeness (QED) is 0.887. The molecule has 4 nitrogen and oxygen atoms in total. The van der Waals surface area contributed by atoms with Gasteiger partial charge < -0.3 is 5.32 Å². The van der Waals surface area contributed by atoms with Crippen molar-refractivity contribution in [3.8, 4) is 0 Å². The van der Waals surface area contributed by atoms with Crippen LogP contribution in [0.1, 0.15) is 18.1 Å². The lowest BCUT2D eigenvalue weighted by Gasteiger charge is -2.12. The van der Waals surface area contributed by atoms with Gasteiger partial charge in [-0.3, -0.25) is 4.79 Å². The number of nitrogens with one attached hydrogen (secondary N) is 1. The van der Waals surface area contributed by atoms with Crippen molar-refractivity contribution in [3.63, 3.8) is 0 Å². The van der Waals surface area contributed by atoms with Gasteiger partial charge in [0.1, 0.15) is 5.75 Å². The van der Waals surface area contributed by atoms with Gasteiger partial charge in [-0.05, 0) is 24.5 Å². The van der Waals surface area contributed by atoms with E-state index in [1.54, 1.807) is 0 Å². The van der Waals surface area contributed by atoms with Gasteiger partial charge in [0.05, 0.1) is 0 Å². The Balaban J connectivity index is 2.92. The van der Waals surface area contributed by atoms with E-state index >= 15 is 0 Å². The van der Waals surface area contributed by atoms with Crippen LogP contribution in [0, 0.1) is 6.92 Å². The number of amides is 1. The first-order chi connectivity index (χ1) is 7.83. The average molecular weight is 255 g/mol. The molecule has 1 rings (SSSR count). The van der Waals surface area contributed by atoms with E-state index < -0.39 is 21.5 Å². The standard InChI is InChI=1S/C12H17NO3S/c1-4-10-7-5-6-9(2)12(10)13-11(14)8-17(3,15)16/h5-7H,4,8H2,1-3H3,(H,13,14). The van der Waals surface area contributed by atoms with Crippen LogP contribution in [0.25, 0.3) is 0 Å². The zero-order valence-electron chi connectivity index (χ0n) is 10.3. The number of hydrogen-bond donors (Lipinski definition) is 1. The molecule has 0 aliphatic rings. The lowest BCUT2D eigenvalue weighted by Crippen LogP contribution is -2.23. The van der Waals surface area contributed by atoms with Gasteiger partial charge in [-0.1, -0.05) is 25.1 Å². The predicted octanol–water partition coefficient (Wildman–Crippen LogP) is 1.54. The van der Waals surface area contributed by atoms with E-state index in [0.29, 0.717) is 0 Å². The van der Waals surface area contributed by atoms with Crippen molar-refractivity contribution >= 4 is 21.4 Å². The number of aryl methyl sites for hydroxylation is 2. The third-order valence-electron chi connectivity index (χ3n) is 2.40. The number of anilines is 1. The highest BCUT2D eigenvalue weighted by molar-refractivity contribution is 7.91. The molecule has 0 fully saturated rings. The van der Waals surface area contributed by atoms with Crippen molar-refractivity contribution in [3.05, 3.63) is 29.3 Å². The number of sulfone groups is 1. The molecule has 0 aliphatic carbocycles. The number of carbonyl (C=O) groups is 1. The summed E-state index contributed by atoms with van der Waals surface area (Å²) in [6.07, 6.45) is 1.83. The maximum atomic E-state index is 11.6. The van der Waals surface area contributed by atoms with E-state index in [9.17, 15) is 13.2 Å². The highest BCUT2D eigenvalue weighted by Crippen LogP contribution is 2.20. The summed E-state index contributed by atoms with van der Waals surface area (Å²) in [6.45, 7) is 3.87. The molecule has 0 aliphatic heterocycles. The van der Waals surface area contributed by atoms with Crippen molar-refractivity contribution < 1.29 is 13.2 Å². The van der Waals surface area contributed by atoms with Crippen molar-refractivity contribution in [2.75, 3.05) is 17.3 Å². The largest absolute Gasteiger partial charge is 0.325 e. The Morgan fingerprint density at radius 1 is 1.35 bits per heavy atom. The Labute approximate surface area is 102 Å². The molecule has 1 aromatic carbocycles. The summed E-state index contributed by atoms with van der Waals surface area (Å²) in [7, 11) is -3.29. The van der Waals surface area contributed by atoms with Crippen molar-refractivity contribution in [2.45, 2.75) is 20.3 Å². The molecule has 0 bridgehead atoms. The minimum absolute atomic E-state index is 0.482. The summed E-state index contributed by atoms with van der Waals surface area (Å²) in [5, 5.41) is 2.67. The molecule has 0 saturated carbocycles. The molecule has 5 heteroatoms. The monoisotopic (exact) mass is 255 g/mol.